The van der Waals surface area contributed by atoms with Crippen molar-refractivity contribution in [1.82, 2.24) is 10.9 Å². The first kappa shape index (κ1) is 23.0. The molecule has 0 saturated heterocycles. The third-order valence-corrected chi connectivity index (χ3v) is 6.65. The van der Waals surface area contributed by atoms with E-state index in [1.807, 2.05) is 29.2 Å². The Morgan fingerprint density at radius 1 is 1.12 bits per heavy atom. The Labute approximate surface area is 192 Å². The van der Waals surface area contributed by atoms with Gasteiger partial charge >= 0.3 is 6.18 Å². The topological polar surface area (TPSA) is 90.5 Å². The smallest absolute Gasteiger partial charge is 0.362 e. The molecule has 2 aliphatic rings. The molecular formula is C22H21F3N4O3S. The Kier molecular flexibility index (Phi) is 6.50. The zero-order valence-corrected chi connectivity index (χ0v) is 18.2. The number of carbonyl (C=O) groups is 3. The van der Waals surface area contributed by atoms with E-state index in [9.17, 15) is 27.6 Å². The molecular weight excluding hydrogens is 457 g/mol. The second-order valence-corrected chi connectivity index (χ2v) is 9.00. The molecule has 2 heterocycles. The van der Waals surface area contributed by atoms with Crippen molar-refractivity contribution in [2.45, 2.75) is 35.6 Å². The number of benzene rings is 2. The van der Waals surface area contributed by atoms with Gasteiger partial charge in [-0.2, -0.15) is 13.2 Å². The highest BCUT2D eigenvalue weighted by molar-refractivity contribution is 8.01. The summed E-state index contributed by atoms with van der Waals surface area (Å²) in [7, 11) is 0. The third-order valence-electron chi connectivity index (χ3n) is 5.38. The van der Waals surface area contributed by atoms with Crippen LogP contribution in [0, 0.1) is 0 Å². The molecule has 0 radical (unpaired) electrons. The Bertz CT molecular complexity index is 1090. The molecule has 2 aromatic carbocycles. The van der Waals surface area contributed by atoms with Crippen molar-refractivity contribution in [2.75, 3.05) is 23.3 Å². The molecule has 0 aromatic heterocycles. The van der Waals surface area contributed by atoms with Crippen LogP contribution >= 0.6 is 11.8 Å². The Morgan fingerprint density at radius 3 is 2.67 bits per heavy atom. The van der Waals surface area contributed by atoms with Crippen molar-refractivity contribution in [3.63, 3.8) is 0 Å². The molecule has 0 aliphatic carbocycles. The van der Waals surface area contributed by atoms with Crippen LogP contribution in [0.3, 0.4) is 0 Å². The second-order valence-electron chi connectivity index (χ2n) is 7.76. The van der Waals surface area contributed by atoms with E-state index in [0.717, 1.165) is 49.0 Å². The fourth-order valence-electron chi connectivity index (χ4n) is 3.81. The number of para-hydroxylation sites is 1. The second kappa shape index (κ2) is 9.34. The maximum atomic E-state index is 12.9. The van der Waals surface area contributed by atoms with Gasteiger partial charge in [-0.3, -0.25) is 25.2 Å². The fourth-order valence-corrected chi connectivity index (χ4v) is 4.90. The van der Waals surface area contributed by atoms with Crippen molar-refractivity contribution in [3.8, 4) is 0 Å². The molecule has 7 nitrogen and oxygen atoms in total. The molecule has 0 saturated carbocycles. The minimum Gasteiger partial charge on any atom is -0.362 e. The van der Waals surface area contributed by atoms with E-state index in [0.29, 0.717) is 4.90 Å². The molecule has 174 valence electrons. The first-order valence-corrected chi connectivity index (χ1v) is 11.2. The minimum atomic E-state index is -4.52. The van der Waals surface area contributed by atoms with Crippen molar-refractivity contribution < 1.29 is 27.6 Å². The van der Waals surface area contributed by atoms with Crippen LogP contribution in [-0.2, 0) is 27.0 Å². The highest BCUT2D eigenvalue weighted by atomic mass is 32.2. The number of amides is 3. The third kappa shape index (κ3) is 5.41. The van der Waals surface area contributed by atoms with Gasteiger partial charge in [-0.1, -0.05) is 18.2 Å². The van der Waals surface area contributed by atoms with Crippen LogP contribution in [0.1, 0.15) is 24.0 Å². The maximum absolute atomic E-state index is 12.9. The lowest BCUT2D eigenvalue weighted by Gasteiger charge is -2.30. The van der Waals surface area contributed by atoms with Crippen LogP contribution < -0.4 is 21.1 Å². The number of hydrogen-bond acceptors (Lipinski definition) is 5. The van der Waals surface area contributed by atoms with Crippen LogP contribution in [0.4, 0.5) is 24.5 Å². The van der Waals surface area contributed by atoms with E-state index in [-0.39, 0.29) is 18.7 Å². The van der Waals surface area contributed by atoms with Crippen LogP contribution in [0.15, 0.2) is 47.4 Å². The number of hydrogen-bond donors (Lipinski definition) is 3. The Morgan fingerprint density at radius 2 is 1.88 bits per heavy atom. The number of anilines is 2. The van der Waals surface area contributed by atoms with Crippen molar-refractivity contribution >= 4 is 40.9 Å². The first-order valence-electron chi connectivity index (χ1n) is 10.3. The van der Waals surface area contributed by atoms with Crippen molar-refractivity contribution in [2.24, 2.45) is 0 Å². The summed E-state index contributed by atoms with van der Waals surface area (Å²) in [5, 5.41) is 1.59. The summed E-state index contributed by atoms with van der Waals surface area (Å²) in [6, 6.07) is 10.9. The molecule has 3 N–H and O–H groups in total. The largest absolute Gasteiger partial charge is 0.416 e. The predicted octanol–water partition coefficient (Wildman–Crippen LogP) is 3.11. The summed E-state index contributed by atoms with van der Waals surface area (Å²) in [6.07, 6.45) is -2.89. The molecule has 0 spiro atoms. The predicted molar refractivity (Wildman–Crippen MR) is 118 cm³/mol. The van der Waals surface area contributed by atoms with Gasteiger partial charge in [0.25, 0.3) is 5.91 Å². The molecule has 0 bridgehead atoms. The molecule has 1 atom stereocenters. The van der Waals surface area contributed by atoms with Gasteiger partial charge in [0, 0.05) is 23.5 Å². The molecule has 1 unspecified atom stereocenters. The zero-order valence-electron chi connectivity index (χ0n) is 17.4. The first-order chi connectivity index (χ1) is 15.7. The average molecular weight is 478 g/mol. The number of alkyl halides is 3. The average Bonchev–Trinajstić information content (AvgIpc) is 2.77. The molecule has 2 aliphatic heterocycles. The summed E-state index contributed by atoms with van der Waals surface area (Å²) in [6.45, 7) is 0.803. The van der Waals surface area contributed by atoms with E-state index < -0.39 is 34.7 Å². The van der Waals surface area contributed by atoms with E-state index >= 15 is 0 Å². The number of fused-ring (bicyclic) bond motifs is 2. The number of carbonyl (C=O) groups excluding carboxylic acids is 3. The minimum absolute atomic E-state index is 0.0617. The molecule has 3 amide bonds. The van der Waals surface area contributed by atoms with Crippen LogP contribution in [0.5, 0.6) is 0 Å². The zero-order chi connectivity index (χ0) is 23.6. The number of aryl methyl sites for hydroxylation is 1. The molecule has 4 rings (SSSR count). The number of nitrogens with one attached hydrogen (secondary N) is 3. The number of nitrogens with zero attached hydrogens (tertiary/aromatic N) is 1. The van der Waals surface area contributed by atoms with Gasteiger partial charge < -0.3 is 10.2 Å². The Hall–Kier alpha value is -3.21. The fraction of sp³-hybridized carbons (Fsp3) is 0.318. The molecule has 2 aromatic rings. The summed E-state index contributed by atoms with van der Waals surface area (Å²) in [5.74, 6) is -1.55. The lowest BCUT2D eigenvalue weighted by Crippen LogP contribution is -2.48. The van der Waals surface area contributed by atoms with Gasteiger partial charge in [-0.05, 0) is 42.7 Å². The standard InChI is InChI=1S/C22H21F3N4O3S/c23-22(24,25)14-7-8-17-15(10-14)26-21(32)18(33-17)11-19(30)27-28-20(31)12-29-9-3-5-13-4-1-2-6-16(13)29/h1-2,4,6-8,10,18H,3,5,9,11-12H2,(H,26,32)(H,27,30)(H,28,31). The highest BCUT2D eigenvalue weighted by Gasteiger charge is 2.34. The van der Waals surface area contributed by atoms with Gasteiger partial charge in [0.15, 0.2) is 0 Å². The summed E-state index contributed by atoms with van der Waals surface area (Å²) < 4.78 is 38.6. The number of halogens is 3. The maximum Gasteiger partial charge on any atom is 0.416 e. The van der Waals surface area contributed by atoms with Gasteiger partial charge in [0.05, 0.1) is 23.0 Å². The lowest BCUT2D eigenvalue weighted by atomic mass is 10.0. The van der Waals surface area contributed by atoms with E-state index in [2.05, 4.69) is 16.2 Å². The lowest BCUT2D eigenvalue weighted by molar-refractivity contribution is -0.137. The molecule has 0 fully saturated rings. The highest BCUT2D eigenvalue weighted by Crippen LogP contribution is 2.40. The van der Waals surface area contributed by atoms with Gasteiger partial charge in [-0.25, -0.2) is 0 Å². The van der Waals surface area contributed by atoms with Gasteiger partial charge in [0.2, 0.25) is 11.8 Å². The van der Waals surface area contributed by atoms with Crippen molar-refractivity contribution in [1.29, 1.82) is 0 Å². The summed E-state index contributed by atoms with van der Waals surface area (Å²) >= 11 is 1.01. The van der Waals surface area contributed by atoms with E-state index in [4.69, 9.17) is 0 Å². The molecule has 33 heavy (non-hydrogen) atoms. The summed E-state index contributed by atoms with van der Waals surface area (Å²) in [5.41, 5.74) is 6.03. The van der Waals surface area contributed by atoms with Crippen LogP contribution in [-0.4, -0.2) is 36.1 Å². The quantitative estimate of drug-likeness (QED) is 0.588. The van der Waals surface area contributed by atoms with Crippen LogP contribution in [0.2, 0.25) is 0 Å². The summed E-state index contributed by atoms with van der Waals surface area (Å²) in [4.78, 5) is 39.2. The van der Waals surface area contributed by atoms with E-state index in [1.165, 1.54) is 11.6 Å². The van der Waals surface area contributed by atoms with Crippen LogP contribution in [0.25, 0.3) is 0 Å². The number of hydrazine groups is 1. The normalized spacial score (nSPS) is 17.5. The van der Waals surface area contributed by atoms with Crippen molar-refractivity contribution in [3.05, 3.63) is 53.6 Å². The van der Waals surface area contributed by atoms with E-state index in [1.54, 1.807) is 0 Å². The van der Waals surface area contributed by atoms with Gasteiger partial charge in [-0.15, -0.1) is 11.8 Å². The molecule has 11 heteroatoms. The SMILES string of the molecule is O=C(CC1Sc2ccc(C(F)(F)F)cc2NC1=O)NNC(=O)CN1CCCc2ccccc21. The number of thioether (sulfide) groups is 1. The monoisotopic (exact) mass is 478 g/mol. The number of rotatable bonds is 4. The van der Waals surface area contributed by atoms with Gasteiger partial charge in [0.1, 0.15) is 0 Å². The Balaban J connectivity index is 1.29.